The number of aryl methyl sites for hydroxylation is 1. The summed E-state index contributed by atoms with van der Waals surface area (Å²) in [5.41, 5.74) is 1.12. The first-order valence-corrected chi connectivity index (χ1v) is 6.10. The number of nitrogens with one attached hydrogen (secondary N) is 1. The molecule has 0 spiro atoms. The molecule has 0 aromatic carbocycles. The highest BCUT2D eigenvalue weighted by atomic mass is 15.2. The van der Waals surface area contributed by atoms with Crippen LogP contribution in [0.15, 0.2) is 6.20 Å². The van der Waals surface area contributed by atoms with Crippen molar-refractivity contribution in [2.24, 2.45) is 0 Å². The summed E-state index contributed by atoms with van der Waals surface area (Å²) in [7, 11) is 0. The predicted octanol–water partition coefficient (Wildman–Crippen LogP) is 3.13. The van der Waals surface area contributed by atoms with Crippen LogP contribution < -0.4 is 5.32 Å². The molecule has 0 radical (unpaired) electrons. The lowest BCUT2D eigenvalue weighted by Crippen LogP contribution is -2.07. The van der Waals surface area contributed by atoms with Crippen molar-refractivity contribution >= 4 is 5.95 Å². The van der Waals surface area contributed by atoms with Gasteiger partial charge in [0.2, 0.25) is 5.95 Å². The molecule has 3 heteroatoms. The van der Waals surface area contributed by atoms with E-state index in [0.29, 0.717) is 0 Å². The summed E-state index contributed by atoms with van der Waals surface area (Å²) in [6.07, 6.45) is 8.62. The summed E-state index contributed by atoms with van der Waals surface area (Å²) >= 11 is 0. The lowest BCUT2D eigenvalue weighted by Gasteiger charge is -2.07. The Morgan fingerprint density at radius 3 is 2.93 bits per heavy atom. The molecule has 3 nitrogen and oxygen atoms in total. The van der Waals surface area contributed by atoms with Gasteiger partial charge in [-0.15, -0.1) is 0 Å². The van der Waals surface area contributed by atoms with Crippen LogP contribution >= 0.6 is 0 Å². The van der Waals surface area contributed by atoms with Gasteiger partial charge in [-0.1, -0.05) is 19.8 Å². The number of hydrogen-bond acceptors (Lipinski definition) is 2. The predicted molar refractivity (Wildman–Crippen MR) is 63.2 cm³/mol. The first kappa shape index (κ1) is 10.5. The molecule has 0 aliphatic heterocycles. The highest BCUT2D eigenvalue weighted by Gasteiger charge is 2.25. The fourth-order valence-electron chi connectivity index (χ4n) is 1.85. The molecular weight excluding hydrogens is 186 g/mol. The van der Waals surface area contributed by atoms with Gasteiger partial charge in [0.05, 0.1) is 5.69 Å². The minimum absolute atomic E-state index is 0.722. The zero-order chi connectivity index (χ0) is 10.7. The number of aromatic nitrogens is 2. The summed E-state index contributed by atoms with van der Waals surface area (Å²) in [6, 6.07) is 0.722. The molecule has 0 bridgehead atoms. The molecule has 1 saturated carbocycles. The third kappa shape index (κ3) is 2.74. The highest BCUT2D eigenvalue weighted by molar-refractivity contribution is 5.30. The van der Waals surface area contributed by atoms with Crippen LogP contribution in [0.3, 0.4) is 0 Å². The third-order valence-electron chi connectivity index (χ3n) is 2.86. The van der Waals surface area contributed by atoms with Crippen LogP contribution in [0.2, 0.25) is 0 Å². The Hall–Kier alpha value is -0.990. The van der Waals surface area contributed by atoms with E-state index in [0.717, 1.165) is 24.2 Å². The van der Waals surface area contributed by atoms with E-state index in [2.05, 4.69) is 34.9 Å². The minimum atomic E-state index is 0.722. The van der Waals surface area contributed by atoms with Crippen molar-refractivity contribution in [1.82, 2.24) is 9.55 Å². The molecule has 0 amide bonds. The Bertz CT molecular complexity index is 313. The maximum atomic E-state index is 4.52. The second kappa shape index (κ2) is 4.69. The second-order valence-corrected chi connectivity index (χ2v) is 4.48. The monoisotopic (exact) mass is 207 g/mol. The van der Waals surface area contributed by atoms with Crippen molar-refractivity contribution in [1.29, 1.82) is 0 Å². The largest absolute Gasteiger partial charge is 0.356 e. The molecule has 0 saturated heterocycles. The SMILES string of the molecule is CCCCCNc1nc(C)cn1C1CC1. The normalized spacial score (nSPS) is 15.6. The van der Waals surface area contributed by atoms with E-state index in [1.165, 1.54) is 32.1 Å². The number of imidazole rings is 1. The summed E-state index contributed by atoms with van der Waals surface area (Å²) < 4.78 is 2.31. The van der Waals surface area contributed by atoms with Gasteiger partial charge in [-0.05, 0) is 26.2 Å². The van der Waals surface area contributed by atoms with Crippen LogP contribution in [0.5, 0.6) is 0 Å². The van der Waals surface area contributed by atoms with E-state index < -0.39 is 0 Å². The summed E-state index contributed by atoms with van der Waals surface area (Å²) in [4.78, 5) is 4.52. The number of nitrogens with zero attached hydrogens (tertiary/aromatic N) is 2. The average molecular weight is 207 g/mol. The van der Waals surface area contributed by atoms with Gasteiger partial charge in [0, 0.05) is 18.8 Å². The topological polar surface area (TPSA) is 29.9 Å². The Morgan fingerprint density at radius 2 is 2.27 bits per heavy atom. The van der Waals surface area contributed by atoms with E-state index >= 15 is 0 Å². The molecule has 1 aliphatic rings. The van der Waals surface area contributed by atoms with Gasteiger partial charge < -0.3 is 9.88 Å². The smallest absolute Gasteiger partial charge is 0.203 e. The molecule has 1 heterocycles. The van der Waals surface area contributed by atoms with Gasteiger partial charge in [0.1, 0.15) is 0 Å². The van der Waals surface area contributed by atoms with E-state index in [-0.39, 0.29) is 0 Å². The molecule has 1 aromatic rings. The summed E-state index contributed by atoms with van der Waals surface area (Å²) in [6.45, 7) is 5.35. The van der Waals surface area contributed by atoms with Gasteiger partial charge in [-0.3, -0.25) is 0 Å². The number of anilines is 1. The van der Waals surface area contributed by atoms with E-state index in [9.17, 15) is 0 Å². The van der Waals surface area contributed by atoms with Gasteiger partial charge in [0.15, 0.2) is 0 Å². The maximum absolute atomic E-state index is 4.52. The van der Waals surface area contributed by atoms with Crippen molar-refractivity contribution in [2.45, 2.75) is 52.0 Å². The maximum Gasteiger partial charge on any atom is 0.203 e. The van der Waals surface area contributed by atoms with Crippen molar-refractivity contribution in [3.8, 4) is 0 Å². The minimum Gasteiger partial charge on any atom is -0.356 e. The molecule has 1 fully saturated rings. The van der Waals surface area contributed by atoms with Crippen LogP contribution in [0.25, 0.3) is 0 Å². The van der Waals surface area contributed by atoms with E-state index in [1.807, 2.05) is 0 Å². The second-order valence-electron chi connectivity index (χ2n) is 4.48. The third-order valence-corrected chi connectivity index (χ3v) is 2.86. The molecule has 1 aliphatic carbocycles. The van der Waals surface area contributed by atoms with E-state index in [1.54, 1.807) is 0 Å². The Morgan fingerprint density at radius 1 is 1.47 bits per heavy atom. The van der Waals surface area contributed by atoms with E-state index in [4.69, 9.17) is 0 Å². The lowest BCUT2D eigenvalue weighted by molar-refractivity contribution is 0.714. The van der Waals surface area contributed by atoms with Crippen molar-refractivity contribution < 1.29 is 0 Å². The lowest BCUT2D eigenvalue weighted by atomic mass is 10.2. The van der Waals surface area contributed by atoms with Crippen LogP contribution in [0.1, 0.15) is 50.8 Å². The van der Waals surface area contributed by atoms with Gasteiger partial charge in [-0.25, -0.2) is 4.98 Å². The van der Waals surface area contributed by atoms with Crippen molar-refractivity contribution in [2.75, 3.05) is 11.9 Å². The molecule has 1 aromatic heterocycles. The first-order valence-electron chi connectivity index (χ1n) is 6.10. The number of hydrogen-bond donors (Lipinski definition) is 1. The average Bonchev–Trinajstić information content (AvgIpc) is 2.99. The molecule has 2 rings (SSSR count). The van der Waals surface area contributed by atoms with Crippen LogP contribution in [-0.2, 0) is 0 Å². The van der Waals surface area contributed by atoms with Gasteiger partial charge in [0.25, 0.3) is 0 Å². The zero-order valence-electron chi connectivity index (χ0n) is 9.79. The summed E-state index contributed by atoms with van der Waals surface area (Å²) in [5, 5.41) is 3.44. The first-order chi connectivity index (χ1) is 7.31. The van der Waals surface area contributed by atoms with Crippen LogP contribution in [0.4, 0.5) is 5.95 Å². The van der Waals surface area contributed by atoms with Crippen LogP contribution in [0, 0.1) is 6.92 Å². The quantitative estimate of drug-likeness (QED) is 0.726. The molecule has 15 heavy (non-hydrogen) atoms. The Labute approximate surface area is 91.9 Å². The standard InChI is InChI=1S/C12H21N3/c1-3-4-5-8-13-12-14-10(2)9-15(12)11-6-7-11/h9,11H,3-8H2,1-2H3,(H,13,14). The highest BCUT2D eigenvalue weighted by Crippen LogP contribution is 2.37. The molecule has 1 N–H and O–H groups in total. The molecule has 0 atom stereocenters. The molecule has 84 valence electrons. The van der Waals surface area contributed by atoms with Crippen molar-refractivity contribution in [3.63, 3.8) is 0 Å². The number of rotatable bonds is 6. The molecule has 0 unspecified atom stereocenters. The zero-order valence-corrected chi connectivity index (χ0v) is 9.79. The Kier molecular flexibility index (Phi) is 3.29. The fourth-order valence-corrected chi connectivity index (χ4v) is 1.85. The fraction of sp³-hybridized carbons (Fsp3) is 0.750. The van der Waals surface area contributed by atoms with Crippen LogP contribution in [-0.4, -0.2) is 16.1 Å². The van der Waals surface area contributed by atoms with Gasteiger partial charge >= 0.3 is 0 Å². The summed E-state index contributed by atoms with van der Waals surface area (Å²) in [5.74, 6) is 1.08. The van der Waals surface area contributed by atoms with Crippen molar-refractivity contribution in [3.05, 3.63) is 11.9 Å². The Balaban J connectivity index is 1.88. The van der Waals surface area contributed by atoms with Gasteiger partial charge in [-0.2, -0.15) is 0 Å². The molecular formula is C12H21N3. The number of unbranched alkanes of at least 4 members (excludes halogenated alkanes) is 2.